The van der Waals surface area contributed by atoms with E-state index in [1.54, 1.807) is 22.8 Å². The summed E-state index contributed by atoms with van der Waals surface area (Å²) in [5.41, 5.74) is -0.107. The zero-order valence-electron chi connectivity index (χ0n) is 10.0. The standard InChI is InChI=1S/C10H12N6O2/c1-3-16-9-12-7-6(15(9)5-4-11-16)8(17)13-10(18)14(7)2/h4H,3,5H2,1-2H3,(H,13,17,18). The Balaban J connectivity index is 2.45. The molecule has 0 atom stereocenters. The third-order valence-electron chi connectivity index (χ3n) is 3.00. The summed E-state index contributed by atoms with van der Waals surface area (Å²) in [6.07, 6.45) is 1.71. The van der Waals surface area contributed by atoms with Crippen molar-refractivity contribution in [3.05, 3.63) is 20.8 Å². The first-order chi connectivity index (χ1) is 8.63. The maximum Gasteiger partial charge on any atom is 0.329 e. The molecule has 2 aromatic rings. The fourth-order valence-corrected chi connectivity index (χ4v) is 2.08. The fourth-order valence-electron chi connectivity index (χ4n) is 2.08. The van der Waals surface area contributed by atoms with Crippen molar-refractivity contribution in [1.29, 1.82) is 0 Å². The zero-order valence-corrected chi connectivity index (χ0v) is 10.0. The van der Waals surface area contributed by atoms with Gasteiger partial charge in [-0.25, -0.2) is 9.80 Å². The van der Waals surface area contributed by atoms with Gasteiger partial charge in [-0.2, -0.15) is 10.1 Å². The van der Waals surface area contributed by atoms with Crippen LogP contribution in [-0.4, -0.2) is 31.9 Å². The van der Waals surface area contributed by atoms with Crippen LogP contribution in [0.25, 0.3) is 11.2 Å². The first-order valence-electron chi connectivity index (χ1n) is 5.63. The molecular weight excluding hydrogens is 236 g/mol. The van der Waals surface area contributed by atoms with Gasteiger partial charge >= 0.3 is 5.69 Å². The minimum absolute atomic E-state index is 0.378. The molecule has 0 saturated carbocycles. The molecule has 8 heteroatoms. The molecule has 0 unspecified atom stereocenters. The van der Waals surface area contributed by atoms with Gasteiger partial charge in [-0.05, 0) is 6.92 Å². The van der Waals surface area contributed by atoms with Crippen molar-refractivity contribution in [3.63, 3.8) is 0 Å². The monoisotopic (exact) mass is 248 g/mol. The largest absolute Gasteiger partial charge is 0.329 e. The fraction of sp³-hybridized carbons (Fsp3) is 0.400. The Bertz CT molecular complexity index is 765. The minimum atomic E-state index is -0.466. The summed E-state index contributed by atoms with van der Waals surface area (Å²) in [6, 6.07) is 0. The molecule has 2 aromatic heterocycles. The second-order valence-corrected chi connectivity index (χ2v) is 4.03. The van der Waals surface area contributed by atoms with Crippen LogP contribution in [0.1, 0.15) is 6.92 Å². The number of nitrogens with one attached hydrogen (secondary N) is 1. The van der Waals surface area contributed by atoms with Crippen LogP contribution < -0.4 is 16.3 Å². The van der Waals surface area contributed by atoms with Crippen LogP contribution in [0.3, 0.4) is 0 Å². The molecule has 1 aliphatic heterocycles. The highest BCUT2D eigenvalue weighted by Crippen LogP contribution is 2.21. The van der Waals surface area contributed by atoms with E-state index in [2.05, 4.69) is 15.1 Å². The smallest absolute Gasteiger partial charge is 0.297 e. The van der Waals surface area contributed by atoms with Crippen LogP contribution in [-0.2, 0) is 13.6 Å². The number of nitrogens with zero attached hydrogens (tertiary/aromatic N) is 5. The maximum atomic E-state index is 11.9. The van der Waals surface area contributed by atoms with Gasteiger partial charge in [0.25, 0.3) is 5.56 Å². The Morgan fingerprint density at radius 3 is 2.94 bits per heavy atom. The molecule has 3 rings (SSSR count). The van der Waals surface area contributed by atoms with Gasteiger partial charge in [-0.1, -0.05) is 0 Å². The quantitative estimate of drug-likeness (QED) is 0.719. The first kappa shape index (κ1) is 10.8. The van der Waals surface area contributed by atoms with Gasteiger partial charge < -0.3 is 0 Å². The van der Waals surface area contributed by atoms with E-state index in [0.717, 1.165) is 0 Å². The second-order valence-electron chi connectivity index (χ2n) is 4.03. The normalized spacial score (nSPS) is 14.2. The predicted octanol–water partition coefficient (Wildman–Crippen LogP) is -0.751. The van der Waals surface area contributed by atoms with Crippen molar-refractivity contribution in [2.45, 2.75) is 13.5 Å². The van der Waals surface area contributed by atoms with Gasteiger partial charge in [0, 0.05) is 19.8 Å². The molecule has 0 spiro atoms. The Morgan fingerprint density at radius 1 is 1.44 bits per heavy atom. The Labute approximate surface area is 101 Å². The molecule has 94 valence electrons. The number of aryl methyl sites for hydroxylation is 1. The van der Waals surface area contributed by atoms with Crippen molar-refractivity contribution in [2.24, 2.45) is 12.1 Å². The zero-order chi connectivity index (χ0) is 12.9. The van der Waals surface area contributed by atoms with Crippen molar-refractivity contribution in [2.75, 3.05) is 11.6 Å². The Morgan fingerprint density at radius 2 is 2.22 bits per heavy atom. The molecule has 0 amide bonds. The molecule has 1 N–H and O–H groups in total. The third-order valence-corrected chi connectivity index (χ3v) is 3.00. The molecule has 1 aliphatic rings. The van der Waals surface area contributed by atoms with Crippen molar-refractivity contribution in [3.8, 4) is 0 Å². The first-order valence-corrected chi connectivity index (χ1v) is 5.63. The predicted molar refractivity (Wildman–Crippen MR) is 67.1 cm³/mol. The third kappa shape index (κ3) is 1.25. The van der Waals surface area contributed by atoms with Gasteiger partial charge in [0.15, 0.2) is 11.2 Å². The van der Waals surface area contributed by atoms with Crippen molar-refractivity contribution in [1.82, 2.24) is 19.1 Å². The van der Waals surface area contributed by atoms with Gasteiger partial charge in [0.2, 0.25) is 5.95 Å². The highest BCUT2D eigenvalue weighted by atomic mass is 16.2. The molecule has 0 fully saturated rings. The van der Waals surface area contributed by atoms with Gasteiger partial charge in [-0.15, -0.1) is 0 Å². The molecule has 3 heterocycles. The number of rotatable bonds is 1. The second kappa shape index (κ2) is 3.56. The lowest BCUT2D eigenvalue weighted by atomic mass is 10.5. The SMILES string of the molecule is CCN1N=CCn2c1nc1c2c(=O)[nH]c(=O)n1C. The average molecular weight is 248 g/mol. The van der Waals surface area contributed by atoms with Gasteiger partial charge in [-0.3, -0.25) is 18.9 Å². The number of H-pyrrole nitrogens is 1. The summed E-state index contributed by atoms with van der Waals surface area (Å²) in [4.78, 5) is 30.0. The van der Waals surface area contributed by atoms with Crippen LogP contribution in [0, 0.1) is 0 Å². The van der Waals surface area contributed by atoms with E-state index in [9.17, 15) is 9.59 Å². The molecule has 0 radical (unpaired) electrons. The number of aromatic nitrogens is 4. The summed E-state index contributed by atoms with van der Waals surface area (Å²) in [5, 5.41) is 5.88. The highest BCUT2D eigenvalue weighted by molar-refractivity contribution is 5.78. The molecule has 8 nitrogen and oxygen atoms in total. The summed E-state index contributed by atoms with van der Waals surface area (Å²) in [6.45, 7) is 3.06. The summed E-state index contributed by atoms with van der Waals surface area (Å²) >= 11 is 0. The molecule has 0 aliphatic carbocycles. The number of fused-ring (bicyclic) bond motifs is 3. The number of hydrazone groups is 1. The maximum absolute atomic E-state index is 11.9. The Kier molecular flexibility index (Phi) is 2.12. The van der Waals surface area contributed by atoms with E-state index in [-0.39, 0.29) is 0 Å². The number of hydrogen-bond donors (Lipinski definition) is 1. The highest BCUT2D eigenvalue weighted by Gasteiger charge is 2.21. The molecule has 18 heavy (non-hydrogen) atoms. The summed E-state index contributed by atoms with van der Waals surface area (Å²) in [5.74, 6) is 0.585. The van der Waals surface area contributed by atoms with Gasteiger partial charge in [0.1, 0.15) is 0 Å². The average Bonchev–Trinajstić information content (AvgIpc) is 2.75. The number of aromatic amines is 1. The van der Waals surface area contributed by atoms with Crippen LogP contribution in [0.15, 0.2) is 14.7 Å². The molecular formula is C10H12N6O2. The lowest BCUT2D eigenvalue weighted by Gasteiger charge is -2.20. The van der Waals surface area contributed by atoms with E-state index < -0.39 is 11.2 Å². The van der Waals surface area contributed by atoms with E-state index in [1.165, 1.54) is 4.57 Å². The topological polar surface area (TPSA) is 88.3 Å². The Hall–Kier alpha value is -2.38. The number of hydrogen-bond acceptors (Lipinski definition) is 5. The summed E-state index contributed by atoms with van der Waals surface area (Å²) in [7, 11) is 1.58. The number of imidazole rings is 1. The van der Waals surface area contributed by atoms with Gasteiger partial charge in [0.05, 0.1) is 6.54 Å². The van der Waals surface area contributed by atoms with Crippen molar-refractivity contribution < 1.29 is 0 Å². The van der Waals surface area contributed by atoms with E-state index in [4.69, 9.17) is 0 Å². The molecule has 0 saturated heterocycles. The van der Waals surface area contributed by atoms with Crippen LogP contribution in [0.5, 0.6) is 0 Å². The lowest BCUT2D eigenvalue weighted by molar-refractivity contribution is 0.749. The van der Waals surface area contributed by atoms with E-state index in [0.29, 0.717) is 30.2 Å². The lowest BCUT2D eigenvalue weighted by Crippen LogP contribution is -2.30. The van der Waals surface area contributed by atoms with E-state index in [1.807, 2.05) is 6.92 Å². The van der Waals surface area contributed by atoms with E-state index >= 15 is 0 Å². The van der Waals surface area contributed by atoms with Crippen LogP contribution in [0.2, 0.25) is 0 Å². The number of anilines is 1. The van der Waals surface area contributed by atoms with Crippen LogP contribution in [0.4, 0.5) is 5.95 Å². The van der Waals surface area contributed by atoms with Crippen LogP contribution >= 0.6 is 0 Å². The molecule has 0 bridgehead atoms. The molecule has 0 aromatic carbocycles. The summed E-state index contributed by atoms with van der Waals surface area (Å²) < 4.78 is 3.08. The van der Waals surface area contributed by atoms with Crippen molar-refractivity contribution >= 4 is 23.3 Å². The minimum Gasteiger partial charge on any atom is -0.297 e.